The van der Waals surface area contributed by atoms with Crippen LogP contribution >= 0.6 is 0 Å². The molecule has 0 atom stereocenters. The van der Waals surface area contributed by atoms with Crippen molar-refractivity contribution in [1.82, 2.24) is 4.90 Å². The van der Waals surface area contributed by atoms with E-state index in [1.165, 1.54) is 42.5 Å². The van der Waals surface area contributed by atoms with Gasteiger partial charge in [-0.15, -0.1) is 0 Å². The van der Waals surface area contributed by atoms with Gasteiger partial charge in [-0.2, -0.15) is 0 Å². The number of carbonyl (C=O) groups excluding carboxylic acids is 3. The molecule has 140 valence electrons. The average Bonchev–Trinajstić information content (AvgIpc) is 2.92. The molecule has 27 heavy (non-hydrogen) atoms. The first-order valence-electron chi connectivity index (χ1n) is 8.42. The lowest BCUT2D eigenvalue weighted by molar-refractivity contribution is 0.0472. The normalized spacial score (nSPS) is 13.0. The Kier molecular flexibility index (Phi) is 5.61. The third kappa shape index (κ3) is 4.03. The summed E-state index contributed by atoms with van der Waals surface area (Å²) >= 11 is 0. The van der Waals surface area contributed by atoms with Crippen molar-refractivity contribution < 1.29 is 28.2 Å². The van der Waals surface area contributed by atoms with Crippen molar-refractivity contribution in [2.24, 2.45) is 0 Å². The molecule has 0 unspecified atom stereocenters. The maximum atomic E-state index is 12.9. The SMILES string of the molecule is COCCCN1C(=O)c2ccc(C(=O)OCc3ccc(F)cc3)cc2C1=O. The van der Waals surface area contributed by atoms with Crippen LogP contribution in [0.15, 0.2) is 42.5 Å². The fourth-order valence-corrected chi connectivity index (χ4v) is 2.80. The molecular weight excluding hydrogens is 353 g/mol. The average molecular weight is 371 g/mol. The van der Waals surface area contributed by atoms with Gasteiger partial charge < -0.3 is 9.47 Å². The molecule has 0 saturated heterocycles. The summed E-state index contributed by atoms with van der Waals surface area (Å²) in [5.74, 6) is -1.81. The zero-order valence-corrected chi connectivity index (χ0v) is 14.7. The predicted molar refractivity (Wildman–Crippen MR) is 93.8 cm³/mol. The highest BCUT2D eigenvalue weighted by Crippen LogP contribution is 2.24. The van der Waals surface area contributed by atoms with Crippen LogP contribution in [0.2, 0.25) is 0 Å². The minimum Gasteiger partial charge on any atom is -0.457 e. The smallest absolute Gasteiger partial charge is 0.338 e. The van der Waals surface area contributed by atoms with E-state index in [9.17, 15) is 18.8 Å². The van der Waals surface area contributed by atoms with Gasteiger partial charge in [-0.3, -0.25) is 14.5 Å². The maximum absolute atomic E-state index is 12.9. The Morgan fingerprint density at radius 3 is 2.44 bits per heavy atom. The largest absolute Gasteiger partial charge is 0.457 e. The molecule has 2 aromatic carbocycles. The summed E-state index contributed by atoms with van der Waals surface area (Å²) in [7, 11) is 1.55. The monoisotopic (exact) mass is 371 g/mol. The minimum absolute atomic E-state index is 0.0216. The number of hydrogen-bond acceptors (Lipinski definition) is 5. The van der Waals surface area contributed by atoms with Crippen LogP contribution in [0.3, 0.4) is 0 Å². The zero-order chi connectivity index (χ0) is 19.4. The summed E-state index contributed by atoms with van der Waals surface area (Å²) in [4.78, 5) is 38.2. The van der Waals surface area contributed by atoms with Gasteiger partial charge in [0.25, 0.3) is 11.8 Å². The van der Waals surface area contributed by atoms with Gasteiger partial charge in [0.1, 0.15) is 12.4 Å². The molecule has 0 aromatic heterocycles. The number of benzene rings is 2. The second kappa shape index (κ2) is 8.09. The number of hydrogen-bond donors (Lipinski definition) is 0. The van der Waals surface area contributed by atoms with Gasteiger partial charge in [-0.05, 0) is 42.3 Å². The van der Waals surface area contributed by atoms with Crippen molar-refractivity contribution in [3.63, 3.8) is 0 Å². The van der Waals surface area contributed by atoms with E-state index in [0.717, 1.165) is 4.90 Å². The highest BCUT2D eigenvalue weighted by atomic mass is 19.1. The number of amides is 2. The molecular formula is C20H18FNO5. The number of esters is 1. The van der Waals surface area contributed by atoms with E-state index >= 15 is 0 Å². The summed E-state index contributed by atoms with van der Waals surface area (Å²) in [6.07, 6.45) is 0.536. The molecule has 1 aliphatic heterocycles. The third-order valence-corrected chi connectivity index (χ3v) is 4.22. The quantitative estimate of drug-likeness (QED) is 0.425. The molecule has 1 heterocycles. The number of nitrogens with zero attached hydrogens (tertiary/aromatic N) is 1. The molecule has 0 spiro atoms. The molecule has 0 bridgehead atoms. The Bertz CT molecular complexity index is 878. The summed E-state index contributed by atoms with van der Waals surface area (Å²) in [6, 6.07) is 9.88. The van der Waals surface area contributed by atoms with Gasteiger partial charge in [0.05, 0.1) is 16.7 Å². The Morgan fingerprint density at radius 2 is 1.74 bits per heavy atom. The van der Waals surface area contributed by atoms with E-state index < -0.39 is 11.9 Å². The van der Waals surface area contributed by atoms with E-state index in [1.54, 1.807) is 7.11 Å². The van der Waals surface area contributed by atoms with Crippen molar-refractivity contribution in [2.45, 2.75) is 13.0 Å². The summed E-state index contributed by atoms with van der Waals surface area (Å²) in [5.41, 5.74) is 1.28. The van der Waals surface area contributed by atoms with Crippen LogP contribution in [0.25, 0.3) is 0 Å². The topological polar surface area (TPSA) is 72.9 Å². The second-order valence-corrected chi connectivity index (χ2v) is 6.07. The Morgan fingerprint density at radius 1 is 1.04 bits per heavy atom. The molecule has 1 aliphatic rings. The number of fused-ring (bicyclic) bond motifs is 1. The van der Waals surface area contributed by atoms with Crippen molar-refractivity contribution in [3.05, 3.63) is 70.5 Å². The summed E-state index contributed by atoms with van der Waals surface area (Å²) < 4.78 is 23.0. The molecule has 2 aromatic rings. The molecule has 6 nitrogen and oxygen atoms in total. The Balaban J connectivity index is 1.69. The molecule has 7 heteroatoms. The van der Waals surface area contributed by atoms with Crippen LogP contribution in [0.5, 0.6) is 0 Å². The van der Waals surface area contributed by atoms with Gasteiger partial charge >= 0.3 is 5.97 Å². The number of imide groups is 1. The first kappa shape index (κ1) is 18.7. The predicted octanol–water partition coefficient (Wildman–Crippen LogP) is 2.82. The van der Waals surface area contributed by atoms with Gasteiger partial charge in [-0.25, -0.2) is 9.18 Å². The van der Waals surface area contributed by atoms with Crippen LogP contribution < -0.4 is 0 Å². The van der Waals surface area contributed by atoms with Crippen LogP contribution in [-0.4, -0.2) is 42.9 Å². The molecule has 0 aliphatic carbocycles. The highest BCUT2D eigenvalue weighted by Gasteiger charge is 2.35. The van der Waals surface area contributed by atoms with Crippen LogP contribution in [0, 0.1) is 5.82 Å². The van der Waals surface area contributed by atoms with E-state index in [1.807, 2.05) is 0 Å². The number of ether oxygens (including phenoxy) is 2. The van der Waals surface area contributed by atoms with E-state index in [4.69, 9.17) is 9.47 Å². The lowest BCUT2D eigenvalue weighted by Gasteiger charge is -2.12. The Labute approximate surface area is 155 Å². The Hall–Kier alpha value is -3.06. The van der Waals surface area contributed by atoms with Gasteiger partial charge in [-0.1, -0.05) is 12.1 Å². The third-order valence-electron chi connectivity index (χ3n) is 4.22. The fraction of sp³-hybridized carbons (Fsp3) is 0.250. The van der Waals surface area contributed by atoms with Crippen LogP contribution in [-0.2, 0) is 16.1 Å². The minimum atomic E-state index is -0.625. The van der Waals surface area contributed by atoms with Gasteiger partial charge in [0.15, 0.2) is 0 Å². The van der Waals surface area contributed by atoms with Crippen molar-refractivity contribution in [1.29, 1.82) is 0 Å². The van der Waals surface area contributed by atoms with E-state index in [0.29, 0.717) is 18.6 Å². The first-order chi connectivity index (χ1) is 13.0. The standard InChI is InChI=1S/C20H18FNO5/c1-26-10-2-9-22-18(23)16-8-5-14(11-17(16)19(22)24)20(25)27-12-13-3-6-15(21)7-4-13/h3-8,11H,2,9-10,12H2,1H3. The van der Waals surface area contributed by atoms with E-state index in [2.05, 4.69) is 0 Å². The highest BCUT2D eigenvalue weighted by molar-refractivity contribution is 6.21. The molecule has 0 fully saturated rings. The number of carbonyl (C=O) groups is 3. The zero-order valence-electron chi connectivity index (χ0n) is 14.7. The molecule has 3 rings (SSSR count). The van der Waals surface area contributed by atoms with Gasteiger partial charge in [0.2, 0.25) is 0 Å². The van der Waals surface area contributed by atoms with Crippen molar-refractivity contribution in [2.75, 3.05) is 20.3 Å². The lowest BCUT2D eigenvalue weighted by Crippen LogP contribution is -2.31. The first-order valence-corrected chi connectivity index (χ1v) is 8.42. The summed E-state index contributed by atoms with van der Waals surface area (Å²) in [6.45, 7) is 0.672. The molecule has 0 saturated carbocycles. The lowest BCUT2D eigenvalue weighted by atomic mass is 10.1. The molecule has 2 amide bonds. The number of halogens is 1. The van der Waals surface area contributed by atoms with Crippen molar-refractivity contribution >= 4 is 17.8 Å². The van der Waals surface area contributed by atoms with Gasteiger partial charge in [0, 0.05) is 20.3 Å². The maximum Gasteiger partial charge on any atom is 0.338 e. The van der Waals surface area contributed by atoms with Crippen molar-refractivity contribution in [3.8, 4) is 0 Å². The van der Waals surface area contributed by atoms with E-state index in [-0.39, 0.29) is 41.6 Å². The van der Waals surface area contributed by atoms with Crippen LogP contribution in [0.1, 0.15) is 43.1 Å². The fourth-order valence-electron chi connectivity index (χ4n) is 2.80. The number of rotatable bonds is 7. The van der Waals surface area contributed by atoms with Crippen LogP contribution in [0.4, 0.5) is 4.39 Å². The second-order valence-electron chi connectivity index (χ2n) is 6.07. The molecule has 0 radical (unpaired) electrons. The molecule has 0 N–H and O–H groups in total. The summed E-state index contributed by atoms with van der Waals surface area (Å²) in [5, 5.41) is 0. The number of methoxy groups -OCH3 is 1.